The summed E-state index contributed by atoms with van der Waals surface area (Å²) in [6, 6.07) is 11.6. The molecule has 0 saturated carbocycles. The molecule has 3 heterocycles. The van der Waals surface area contributed by atoms with E-state index in [1.165, 1.54) is 5.56 Å². The van der Waals surface area contributed by atoms with Crippen LogP contribution in [0.2, 0.25) is 0 Å². The number of aliphatic carboxylic acids is 1. The predicted octanol–water partition coefficient (Wildman–Crippen LogP) is 2.57. The van der Waals surface area contributed by atoms with Crippen molar-refractivity contribution in [2.75, 3.05) is 117 Å². The Balaban J connectivity index is 0.948. The van der Waals surface area contributed by atoms with Gasteiger partial charge in [0, 0.05) is 58.7 Å². The molecule has 24 heteroatoms. The first-order valence-electron chi connectivity index (χ1n) is 23.9. The van der Waals surface area contributed by atoms with Crippen molar-refractivity contribution in [1.29, 1.82) is 0 Å². The van der Waals surface area contributed by atoms with Crippen molar-refractivity contribution in [3.63, 3.8) is 0 Å². The van der Waals surface area contributed by atoms with Gasteiger partial charge in [0.05, 0.1) is 59.3 Å². The lowest BCUT2D eigenvalue weighted by Gasteiger charge is -2.33. The zero-order chi connectivity index (χ0) is 51.3. The molecule has 0 spiro atoms. The summed E-state index contributed by atoms with van der Waals surface area (Å²) in [4.78, 5) is 87.4. The highest BCUT2D eigenvalue weighted by Crippen LogP contribution is 2.43. The van der Waals surface area contributed by atoms with Gasteiger partial charge in [0.1, 0.15) is 38.0 Å². The number of likely N-dealkylation sites (tertiary alicyclic amines) is 1. The first kappa shape index (κ1) is 58.3. The predicted molar refractivity (Wildman–Crippen MR) is 253 cm³/mol. The number of anilines is 1. The molecule has 3 atom stereocenters. The van der Waals surface area contributed by atoms with E-state index in [9.17, 15) is 43.3 Å². The number of aromatic nitrogens is 1. The van der Waals surface area contributed by atoms with Crippen molar-refractivity contribution in [2.45, 2.75) is 77.2 Å². The van der Waals surface area contributed by atoms with Gasteiger partial charge in [-0.1, -0.05) is 18.2 Å². The number of benzene rings is 1. The van der Waals surface area contributed by atoms with Crippen LogP contribution in [0.3, 0.4) is 0 Å². The first-order valence-corrected chi connectivity index (χ1v) is 25.4. The lowest BCUT2D eigenvalue weighted by Crippen LogP contribution is -2.39. The molecule has 3 unspecified atom stereocenters. The van der Waals surface area contributed by atoms with E-state index in [0.717, 1.165) is 69.6 Å². The van der Waals surface area contributed by atoms with Crippen LogP contribution >= 0.6 is 7.82 Å². The van der Waals surface area contributed by atoms with Gasteiger partial charge < -0.3 is 64.0 Å². The van der Waals surface area contributed by atoms with Gasteiger partial charge in [-0.05, 0) is 79.7 Å². The van der Waals surface area contributed by atoms with Crippen molar-refractivity contribution >= 4 is 49.3 Å². The minimum atomic E-state index is -4.58. The Kier molecular flexibility index (Phi) is 26.8. The summed E-state index contributed by atoms with van der Waals surface area (Å²) in [5, 5.41) is 18.1. The van der Waals surface area contributed by atoms with Crippen LogP contribution in [-0.2, 0) is 83.6 Å². The Hall–Kier alpha value is -5.26. The Bertz CT molecular complexity index is 2020. The SMILES string of the molecule is CC(=O)OCC(COP(=O)(O)OCCNC(=O)COCCOCC(=O)NCCOCCOCCOc1ccc(C(CC(=O)O)CC2CCN(C(=O)CCc3ccc4c(n3)NCCC4)CC2)cc1)OC(C)=O. The van der Waals surface area contributed by atoms with Gasteiger partial charge in [-0.3, -0.25) is 37.8 Å². The summed E-state index contributed by atoms with van der Waals surface area (Å²) < 4.78 is 58.5. The number of esters is 2. The number of rotatable bonds is 35. The number of carboxylic acid groups (broad SMARTS) is 1. The Labute approximate surface area is 413 Å². The second-order valence-corrected chi connectivity index (χ2v) is 18.2. The Morgan fingerprint density at radius 1 is 0.803 bits per heavy atom. The topological polar surface area (TPSA) is 295 Å². The van der Waals surface area contributed by atoms with Gasteiger partial charge in [-0.15, -0.1) is 0 Å². The third-order valence-electron chi connectivity index (χ3n) is 11.1. The second-order valence-electron chi connectivity index (χ2n) is 16.8. The number of aryl methyl sites for hydroxylation is 2. The van der Waals surface area contributed by atoms with Gasteiger partial charge in [-0.25, -0.2) is 9.55 Å². The minimum absolute atomic E-state index is 0.0184. The van der Waals surface area contributed by atoms with Gasteiger partial charge in [-0.2, -0.15) is 0 Å². The zero-order valence-electron chi connectivity index (χ0n) is 40.6. The van der Waals surface area contributed by atoms with E-state index in [4.69, 9.17) is 47.2 Å². The monoisotopic (exact) mass is 1020 g/mol. The van der Waals surface area contributed by atoms with Crippen molar-refractivity contribution < 1.29 is 85.5 Å². The standard InChI is InChI=1S/C47H70N5O18P/c1-34(53)67-30-42(70-35(2)54)31-69-71(60,61)68-21-17-49-44(56)33-65-25-24-64-32-43(55)48-16-20-62-22-23-63-26-27-66-41-10-6-37(7-11-41)39(29-46(58)59)28-36-13-18-52(19-14-36)45(57)12-9-40-8-5-38-4-3-15-50-47(38)51-40/h5-8,10-11,36,39,42H,3-4,9,12-33H2,1-2H3,(H,48,55)(H,49,56)(H,50,51)(H,58,59)(H,60,61). The van der Waals surface area contributed by atoms with Crippen molar-refractivity contribution in [3.05, 3.63) is 53.2 Å². The molecule has 1 aromatic heterocycles. The van der Waals surface area contributed by atoms with E-state index in [-0.39, 0.29) is 76.9 Å². The van der Waals surface area contributed by atoms with Gasteiger partial charge in [0.2, 0.25) is 17.7 Å². The van der Waals surface area contributed by atoms with E-state index in [0.29, 0.717) is 64.0 Å². The van der Waals surface area contributed by atoms with Crippen LogP contribution in [0.4, 0.5) is 5.82 Å². The summed E-state index contributed by atoms with van der Waals surface area (Å²) in [6.45, 7) is 4.25. The molecule has 2 aromatic rings. The normalized spacial score (nSPS) is 15.3. The fraction of sp³-hybridized carbons (Fsp3) is 0.638. The molecule has 0 radical (unpaired) electrons. The largest absolute Gasteiger partial charge is 0.491 e. The fourth-order valence-electron chi connectivity index (χ4n) is 7.59. The molecule has 396 valence electrons. The van der Waals surface area contributed by atoms with Crippen LogP contribution in [0.15, 0.2) is 36.4 Å². The number of nitrogens with one attached hydrogen (secondary N) is 3. The number of amides is 3. The molecule has 3 amide bonds. The van der Waals surface area contributed by atoms with Crippen LogP contribution in [0.25, 0.3) is 0 Å². The van der Waals surface area contributed by atoms with Crippen molar-refractivity contribution in [3.8, 4) is 5.75 Å². The smallest absolute Gasteiger partial charge is 0.472 e. The number of phosphoric ester groups is 1. The highest BCUT2D eigenvalue weighted by atomic mass is 31.2. The molecule has 1 aromatic carbocycles. The molecule has 1 fully saturated rings. The fourth-order valence-corrected chi connectivity index (χ4v) is 8.34. The average molecular weight is 1020 g/mol. The van der Waals surface area contributed by atoms with Crippen LogP contribution in [0.5, 0.6) is 5.75 Å². The molecule has 2 aliphatic rings. The molecule has 0 bridgehead atoms. The molecule has 1 saturated heterocycles. The number of hydrogen-bond acceptors (Lipinski definition) is 18. The molecular weight excluding hydrogens is 954 g/mol. The van der Waals surface area contributed by atoms with Crippen LogP contribution < -0.4 is 20.7 Å². The van der Waals surface area contributed by atoms with E-state index in [1.54, 1.807) is 0 Å². The van der Waals surface area contributed by atoms with Gasteiger partial charge >= 0.3 is 25.7 Å². The van der Waals surface area contributed by atoms with Crippen molar-refractivity contribution in [1.82, 2.24) is 20.5 Å². The van der Waals surface area contributed by atoms with Crippen LogP contribution in [0, 0.1) is 5.92 Å². The zero-order valence-corrected chi connectivity index (χ0v) is 41.5. The molecule has 0 aliphatic carbocycles. The van der Waals surface area contributed by atoms with Crippen molar-refractivity contribution in [2.24, 2.45) is 5.92 Å². The van der Waals surface area contributed by atoms with Crippen LogP contribution in [0.1, 0.15) is 75.1 Å². The molecule has 71 heavy (non-hydrogen) atoms. The summed E-state index contributed by atoms with van der Waals surface area (Å²) in [7, 11) is -4.58. The number of ether oxygens (including phenoxy) is 7. The Morgan fingerprint density at radius 3 is 2.11 bits per heavy atom. The molecular formula is C47H70N5O18P. The summed E-state index contributed by atoms with van der Waals surface area (Å²) >= 11 is 0. The number of nitrogens with zero attached hydrogens (tertiary/aromatic N) is 2. The van der Waals surface area contributed by atoms with E-state index >= 15 is 0 Å². The maximum Gasteiger partial charge on any atom is 0.472 e. The maximum atomic E-state index is 13.0. The third kappa shape index (κ3) is 25.1. The summed E-state index contributed by atoms with van der Waals surface area (Å²) in [5.74, 6) is -1.23. The second kappa shape index (κ2) is 32.7. The quantitative estimate of drug-likeness (QED) is 0.0377. The van der Waals surface area contributed by atoms with E-state index < -0.39 is 51.0 Å². The average Bonchev–Trinajstić information content (AvgIpc) is 3.34. The number of carbonyl (C=O) groups is 6. The maximum absolute atomic E-state index is 13.0. The van der Waals surface area contributed by atoms with Crippen LogP contribution in [-0.4, -0.2) is 174 Å². The van der Waals surface area contributed by atoms with E-state index in [1.807, 2.05) is 35.2 Å². The lowest BCUT2D eigenvalue weighted by atomic mass is 9.82. The third-order valence-corrected chi connectivity index (χ3v) is 12.1. The molecule has 5 N–H and O–H groups in total. The Morgan fingerprint density at radius 2 is 1.45 bits per heavy atom. The summed E-state index contributed by atoms with van der Waals surface area (Å²) in [5.41, 5.74) is 3.09. The van der Waals surface area contributed by atoms with Gasteiger partial charge in [0.25, 0.3) is 0 Å². The molecule has 2 aliphatic heterocycles. The highest BCUT2D eigenvalue weighted by Gasteiger charge is 2.28. The first-order chi connectivity index (χ1) is 34.2. The number of pyridine rings is 1. The number of carboxylic acids is 1. The summed E-state index contributed by atoms with van der Waals surface area (Å²) in [6.07, 6.45) is 4.46. The lowest BCUT2D eigenvalue weighted by molar-refractivity contribution is -0.158. The van der Waals surface area contributed by atoms with Gasteiger partial charge in [0.15, 0.2) is 6.10 Å². The molecule has 4 rings (SSSR count). The number of piperidine rings is 1. The molecule has 23 nitrogen and oxygen atoms in total. The highest BCUT2D eigenvalue weighted by molar-refractivity contribution is 7.47. The number of hydrogen-bond donors (Lipinski definition) is 5. The van der Waals surface area contributed by atoms with E-state index in [2.05, 4.69) is 22.0 Å². The number of phosphoric acid groups is 1. The minimum Gasteiger partial charge on any atom is -0.491 e. The number of fused-ring (bicyclic) bond motifs is 1. The number of carbonyl (C=O) groups excluding carboxylic acids is 5.